The van der Waals surface area contributed by atoms with Gasteiger partial charge in [-0.3, -0.25) is 0 Å². The van der Waals surface area contributed by atoms with Crippen molar-refractivity contribution < 1.29 is 4.42 Å². The highest BCUT2D eigenvalue weighted by molar-refractivity contribution is 6.24. The predicted molar refractivity (Wildman–Crippen MR) is 193 cm³/mol. The summed E-state index contributed by atoms with van der Waals surface area (Å²) in [5.41, 5.74) is 8.46. The molecular weight excluding hydrogens is 574 g/mol. The summed E-state index contributed by atoms with van der Waals surface area (Å²) < 4.78 is 6.54. The molecule has 0 bridgehead atoms. The molecule has 218 valence electrons. The zero-order chi connectivity index (χ0) is 30.9. The van der Waals surface area contributed by atoms with Crippen LogP contribution in [0.4, 0.5) is 0 Å². The number of benzene rings is 7. The van der Waals surface area contributed by atoms with Gasteiger partial charge in [-0.15, -0.1) is 0 Å². The molecule has 3 aromatic heterocycles. The summed E-state index contributed by atoms with van der Waals surface area (Å²) >= 11 is 0. The van der Waals surface area contributed by atoms with Gasteiger partial charge in [0.25, 0.3) is 0 Å². The third-order valence-electron chi connectivity index (χ3n) is 9.25. The van der Waals surface area contributed by atoms with E-state index < -0.39 is 0 Å². The van der Waals surface area contributed by atoms with Crippen LogP contribution in [-0.2, 0) is 0 Å². The van der Waals surface area contributed by atoms with Gasteiger partial charge in [0.1, 0.15) is 11.2 Å². The van der Waals surface area contributed by atoms with E-state index in [4.69, 9.17) is 19.4 Å². The molecule has 0 amide bonds. The molecule has 4 nitrogen and oxygen atoms in total. The van der Waals surface area contributed by atoms with Gasteiger partial charge in [-0.05, 0) is 41.1 Å². The van der Waals surface area contributed by atoms with E-state index in [0.717, 1.165) is 82.6 Å². The average molecular weight is 600 g/mol. The second kappa shape index (κ2) is 10.1. The number of aromatic nitrogens is 3. The molecule has 0 fully saturated rings. The Morgan fingerprint density at radius 1 is 0.404 bits per heavy atom. The Kier molecular flexibility index (Phi) is 5.54. The van der Waals surface area contributed by atoms with E-state index in [1.54, 1.807) is 0 Å². The summed E-state index contributed by atoms with van der Waals surface area (Å²) in [6.07, 6.45) is 0. The first-order chi connectivity index (χ1) is 23.3. The molecule has 10 rings (SSSR count). The number of para-hydroxylation sites is 3. The number of hydrogen-bond acceptors (Lipinski definition) is 4. The van der Waals surface area contributed by atoms with Gasteiger partial charge >= 0.3 is 0 Å². The van der Waals surface area contributed by atoms with E-state index in [-0.39, 0.29) is 0 Å². The lowest BCUT2D eigenvalue weighted by atomic mass is 9.96. The van der Waals surface area contributed by atoms with E-state index in [9.17, 15) is 0 Å². The monoisotopic (exact) mass is 599 g/mol. The molecule has 0 N–H and O–H groups in total. The number of nitrogens with zero attached hydrogens (tertiary/aromatic N) is 3. The zero-order valence-electron chi connectivity index (χ0n) is 25.2. The lowest BCUT2D eigenvalue weighted by molar-refractivity contribution is 0.673. The SMILES string of the molecule is c1cc(-c2nc(-c3cccc4ccccc34)c3ccccc3n2)cc(-c2nc3ccccc3c3c2ccc2c4ccccc4oc23)c1. The van der Waals surface area contributed by atoms with Crippen molar-refractivity contribution in [2.24, 2.45) is 0 Å². The summed E-state index contributed by atoms with van der Waals surface area (Å²) in [4.78, 5) is 15.6. The van der Waals surface area contributed by atoms with Gasteiger partial charge in [-0.1, -0.05) is 121 Å². The average Bonchev–Trinajstić information content (AvgIpc) is 3.53. The molecule has 0 spiro atoms. The number of hydrogen-bond donors (Lipinski definition) is 0. The highest BCUT2D eigenvalue weighted by Gasteiger charge is 2.19. The smallest absolute Gasteiger partial charge is 0.160 e. The normalized spacial score (nSPS) is 11.8. The molecule has 0 radical (unpaired) electrons. The number of fused-ring (bicyclic) bond motifs is 9. The molecule has 0 atom stereocenters. The van der Waals surface area contributed by atoms with Crippen molar-refractivity contribution in [2.75, 3.05) is 0 Å². The van der Waals surface area contributed by atoms with E-state index >= 15 is 0 Å². The lowest BCUT2D eigenvalue weighted by Crippen LogP contribution is -1.96. The van der Waals surface area contributed by atoms with E-state index in [1.807, 2.05) is 24.3 Å². The van der Waals surface area contributed by atoms with Crippen LogP contribution in [0, 0.1) is 0 Å². The first-order valence-corrected chi connectivity index (χ1v) is 15.8. The van der Waals surface area contributed by atoms with Crippen LogP contribution in [0.5, 0.6) is 0 Å². The minimum atomic E-state index is 0.679. The molecule has 0 aliphatic carbocycles. The van der Waals surface area contributed by atoms with Gasteiger partial charge in [-0.25, -0.2) is 15.0 Å². The van der Waals surface area contributed by atoms with Crippen LogP contribution in [0.25, 0.3) is 99.2 Å². The highest BCUT2D eigenvalue weighted by Crippen LogP contribution is 2.41. The van der Waals surface area contributed by atoms with Crippen molar-refractivity contribution in [2.45, 2.75) is 0 Å². The minimum Gasteiger partial charge on any atom is -0.455 e. The van der Waals surface area contributed by atoms with Crippen LogP contribution < -0.4 is 0 Å². The second-order valence-electron chi connectivity index (χ2n) is 12.0. The van der Waals surface area contributed by atoms with Crippen molar-refractivity contribution in [1.82, 2.24) is 15.0 Å². The number of furan rings is 1. The van der Waals surface area contributed by atoms with Crippen LogP contribution >= 0.6 is 0 Å². The van der Waals surface area contributed by atoms with Gasteiger partial charge in [0, 0.05) is 49.0 Å². The summed E-state index contributed by atoms with van der Waals surface area (Å²) in [5.74, 6) is 0.679. The largest absolute Gasteiger partial charge is 0.455 e. The van der Waals surface area contributed by atoms with Crippen LogP contribution in [0.3, 0.4) is 0 Å². The minimum absolute atomic E-state index is 0.679. The standard InChI is InChI=1S/C43H25N3O/c1-2-15-29-26(11-1)12-10-19-31(29)41-34-18-4-7-21-37(34)45-43(46-41)28-14-9-13-27(25-28)40-35-24-23-32-30-16-5-8-22-38(30)47-42(32)39(35)33-17-3-6-20-36(33)44-40/h1-25H. The van der Waals surface area contributed by atoms with Gasteiger partial charge in [0.05, 0.1) is 22.4 Å². The summed E-state index contributed by atoms with van der Waals surface area (Å²) in [6.45, 7) is 0. The Morgan fingerprint density at radius 2 is 1.06 bits per heavy atom. The molecule has 0 saturated heterocycles. The summed E-state index contributed by atoms with van der Waals surface area (Å²) in [7, 11) is 0. The molecule has 0 saturated carbocycles. The molecule has 10 aromatic rings. The van der Waals surface area contributed by atoms with Gasteiger partial charge < -0.3 is 4.42 Å². The molecule has 3 heterocycles. The lowest BCUT2D eigenvalue weighted by Gasteiger charge is -2.13. The van der Waals surface area contributed by atoms with Crippen molar-refractivity contribution in [3.63, 3.8) is 0 Å². The molecule has 0 unspecified atom stereocenters. The maximum atomic E-state index is 6.54. The van der Waals surface area contributed by atoms with E-state index in [2.05, 4.69) is 127 Å². The third kappa shape index (κ3) is 3.98. The molecular formula is C43H25N3O. The molecule has 4 heteroatoms. The zero-order valence-corrected chi connectivity index (χ0v) is 25.2. The second-order valence-corrected chi connectivity index (χ2v) is 12.0. The first-order valence-electron chi connectivity index (χ1n) is 15.8. The van der Waals surface area contributed by atoms with E-state index in [1.165, 1.54) is 10.8 Å². The third-order valence-corrected chi connectivity index (χ3v) is 9.25. The molecule has 47 heavy (non-hydrogen) atoms. The van der Waals surface area contributed by atoms with Crippen LogP contribution in [0.15, 0.2) is 156 Å². The maximum Gasteiger partial charge on any atom is 0.160 e. The Balaban J connectivity index is 1.21. The fraction of sp³-hybridized carbons (Fsp3) is 0. The maximum absolute atomic E-state index is 6.54. The highest BCUT2D eigenvalue weighted by atomic mass is 16.3. The predicted octanol–water partition coefficient (Wildman–Crippen LogP) is 11.4. The van der Waals surface area contributed by atoms with E-state index in [0.29, 0.717) is 5.82 Å². The Labute approximate surface area is 269 Å². The van der Waals surface area contributed by atoms with Gasteiger partial charge in [0.2, 0.25) is 0 Å². The van der Waals surface area contributed by atoms with Crippen molar-refractivity contribution in [1.29, 1.82) is 0 Å². The topological polar surface area (TPSA) is 51.8 Å². The summed E-state index contributed by atoms with van der Waals surface area (Å²) in [5, 5.41) is 8.80. The Morgan fingerprint density at radius 3 is 1.96 bits per heavy atom. The Hall–Kier alpha value is -6.39. The van der Waals surface area contributed by atoms with Crippen molar-refractivity contribution >= 4 is 65.3 Å². The number of pyridine rings is 1. The molecule has 0 aliphatic rings. The Bertz CT molecular complexity index is 2860. The van der Waals surface area contributed by atoms with Crippen LogP contribution in [-0.4, -0.2) is 15.0 Å². The van der Waals surface area contributed by atoms with Crippen LogP contribution in [0.2, 0.25) is 0 Å². The van der Waals surface area contributed by atoms with Crippen LogP contribution in [0.1, 0.15) is 0 Å². The van der Waals surface area contributed by atoms with Gasteiger partial charge in [0.15, 0.2) is 5.82 Å². The fourth-order valence-electron chi connectivity index (χ4n) is 7.09. The quantitative estimate of drug-likeness (QED) is 0.190. The van der Waals surface area contributed by atoms with Gasteiger partial charge in [-0.2, -0.15) is 0 Å². The molecule has 0 aliphatic heterocycles. The number of rotatable bonds is 3. The van der Waals surface area contributed by atoms with Crippen molar-refractivity contribution in [3.05, 3.63) is 152 Å². The molecule has 7 aromatic carbocycles. The summed E-state index contributed by atoms with van der Waals surface area (Å²) in [6, 6.07) is 52.5. The first kappa shape index (κ1) is 25.9. The van der Waals surface area contributed by atoms with Crippen molar-refractivity contribution in [3.8, 4) is 33.9 Å². The fourth-order valence-corrected chi connectivity index (χ4v) is 7.09.